The van der Waals surface area contributed by atoms with Gasteiger partial charge in [-0.2, -0.15) is 0 Å². The molecule has 0 aliphatic carbocycles. The molecule has 0 saturated carbocycles. The molecule has 0 bridgehead atoms. The molecule has 0 saturated heterocycles. The number of rotatable bonds is 3. The topological polar surface area (TPSA) is 26.0 Å². The third-order valence-corrected chi connectivity index (χ3v) is 4.28. The van der Waals surface area contributed by atoms with Gasteiger partial charge in [0.15, 0.2) is 11.5 Å². The van der Waals surface area contributed by atoms with E-state index in [0.29, 0.717) is 10.9 Å². The number of hydrogen-bond donors (Lipinski definition) is 0. The van der Waals surface area contributed by atoms with Crippen LogP contribution in [0.5, 0.6) is 0 Å². The molecular weight excluding hydrogens is 318 g/mol. The molecule has 4 aromatic rings. The van der Waals surface area contributed by atoms with Crippen LogP contribution in [-0.2, 0) is 6.42 Å². The fourth-order valence-electron chi connectivity index (χ4n) is 3.01. The molecular formula is C21H16ClNO. The van der Waals surface area contributed by atoms with E-state index < -0.39 is 0 Å². The van der Waals surface area contributed by atoms with Gasteiger partial charge in [-0.1, -0.05) is 54.1 Å². The van der Waals surface area contributed by atoms with E-state index in [1.165, 1.54) is 11.1 Å². The third-order valence-electron chi connectivity index (χ3n) is 4.04. The Morgan fingerprint density at radius 3 is 2.54 bits per heavy atom. The van der Waals surface area contributed by atoms with E-state index >= 15 is 0 Å². The number of halogens is 1. The molecule has 0 N–H and O–H groups in total. The van der Waals surface area contributed by atoms with Crippen LogP contribution in [0, 0.1) is 6.92 Å². The maximum absolute atomic E-state index is 6.17. The first kappa shape index (κ1) is 15.0. The Labute approximate surface area is 145 Å². The zero-order valence-corrected chi connectivity index (χ0v) is 14.0. The van der Waals surface area contributed by atoms with E-state index in [4.69, 9.17) is 16.0 Å². The zero-order valence-electron chi connectivity index (χ0n) is 13.3. The van der Waals surface area contributed by atoms with Crippen molar-refractivity contribution in [1.82, 2.24) is 4.98 Å². The van der Waals surface area contributed by atoms with Crippen LogP contribution in [0.25, 0.3) is 22.2 Å². The van der Waals surface area contributed by atoms with Gasteiger partial charge in [0.05, 0.1) is 0 Å². The molecule has 4 rings (SSSR count). The fourth-order valence-corrected chi connectivity index (χ4v) is 3.20. The molecule has 2 nitrogen and oxygen atoms in total. The van der Waals surface area contributed by atoms with Crippen LogP contribution in [0.15, 0.2) is 71.1 Å². The van der Waals surface area contributed by atoms with Gasteiger partial charge in [-0.15, -0.1) is 0 Å². The zero-order chi connectivity index (χ0) is 16.5. The van der Waals surface area contributed by atoms with Gasteiger partial charge in [-0.3, -0.25) is 0 Å². The molecule has 0 fully saturated rings. The highest BCUT2D eigenvalue weighted by Crippen LogP contribution is 2.32. The first-order chi connectivity index (χ1) is 11.7. The highest BCUT2D eigenvalue weighted by molar-refractivity contribution is 6.30. The molecule has 1 aromatic heterocycles. The minimum absolute atomic E-state index is 0.671. The number of nitrogens with zero attached hydrogens (tertiary/aromatic N) is 1. The quantitative estimate of drug-likeness (QED) is 0.456. The highest BCUT2D eigenvalue weighted by atomic mass is 35.5. The van der Waals surface area contributed by atoms with Gasteiger partial charge >= 0.3 is 0 Å². The summed E-state index contributed by atoms with van der Waals surface area (Å²) >= 11 is 6.17. The lowest BCUT2D eigenvalue weighted by atomic mass is 9.98. The molecule has 0 aliphatic rings. The average molecular weight is 334 g/mol. The van der Waals surface area contributed by atoms with Gasteiger partial charge in [0.1, 0.15) is 5.52 Å². The number of oxazole rings is 1. The van der Waals surface area contributed by atoms with Crippen LogP contribution in [-0.4, -0.2) is 4.98 Å². The Morgan fingerprint density at radius 1 is 0.917 bits per heavy atom. The fraction of sp³-hybridized carbons (Fsp3) is 0.0952. The molecule has 1 heterocycles. The van der Waals surface area contributed by atoms with E-state index in [9.17, 15) is 0 Å². The van der Waals surface area contributed by atoms with Crippen molar-refractivity contribution in [3.63, 3.8) is 0 Å². The lowest BCUT2D eigenvalue weighted by Gasteiger charge is -2.07. The number of aromatic nitrogens is 1. The summed E-state index contributed by atoms with van der Waals surface area (Å²) in [6.45, 7) is 1.87. The van der Waals surface area contributed by atoms with Crippen molar-refractivity contribution in [3.05, 3.63) is 88.8 Å². The molecule has 118 valence electrons. The minimum atomic E-state index is 0.671. The lowest BCUT2D eigenvalue weighted by Crippen LogP contribution is -1.90. The summed E-state index contributed by atoms with van der Waals surface area (Å²) in [6, 6.07) is 22.5. The standard InChI is InChI=1S/C21H16ClNO/c1-14-23-20-12-16(10-15-6-3-2-4-7-15)11-19(21(20)24-14)17-8-5-9-18(22)13-17/h2-9,11-13H,10H2,1H3. The second kappa shape index (κ2) is 6.14. The maximum Gasteiger partial charge on any atom is 0.192 e. The second-order valence-corrected chi connectivity index (χ2v) is 6.33. The van der Waals surface area contributed by atoms with Crippen LogP contribution >= 0.6 is 11.6 Å². The SMILES string of the molecule is Cc1nc2cc(Cc3ccccc3)cc(-c3cccc(Cl)c3)c2o1. The molecule has 0 unspecified atom stereocenters. The minimum Gasteiger partial charge on any atom is -0.440 e. The van der Waals surface area contributed by atoms with Gasteiger partial charge < -0.3 is 4.42 Å². The van der Waals surface area contributed by atoms with Crippen molar-refractivity contribution in [2.75, 3.05) is 0 Å². The molecule has 0 amide bonds. The number of aryl methyl sites for hydroxylation is 1. The van der Waals surface area contributed by atoms with Gasteiger partial charge in [-0.25, -0.2) is 4.98 Å². The van der Waals surface area contributed by atoms with Crippen LogP contribution in [0.4, 0.5) is 0 Å². The van der Waals surface area contributed by atoms with Gasteiger partial charge in [-0.05, 0) is 47.4 Å². The van der Waals surface area contributed by atoms with E-state index in [0.717, 1.165) is 28.6 Å². The van der Waals surface area contributed by atoms with Crippen LogP contribution in [0.2, 0.25) is 5.02 Å². The molecule has 24 heavy (non-hydrogen) atoms. The monoisotopic (exact) mass is 333 g/mol. The summed E-state index contributed by atoms with van der Waals surface area (Å²) in [7, 11) is 0. The predicted molar refractivity (Wildman–Crippen MR) is 98.4 cm³/mol. The third kappa shape index (κ3) is 2.93. The van der Waals surface area contributed by atoms with Crippen molar-refractivity contribution in [2.24, 2.45) is 0 Å². The van der Waals surface area contributed by atoms with E-state index in [-0.39, 0.29) is 0 Å². The van der Waals surface area contributed by atoms with Gasteiger partial charge in [0.25, 0.3) is 0 Å². The summed E-state index contributed by atoms with van der Waals surface area (Å²) in [5.41, 5.74) is 6.24. The Morgan fingerprint density at radius 2 is 1.75 bits per heavy atom. The highest BCUT2D eigenvalue weighted by Gasteiger charge is 2.13. The summed E-state index contributed by atoms with van der Waals surface area (Å²) in [4.78, 5) is 4.52. The smallest absolute Gasteiger partial charge is 0.192 e. The van der Waals surface area contributed by atoms with Crippen molar-refractivity contribution in [1.29, 1.82) is 0 Å². The normalized spacial score (nSPS) is 11.1. The van der Waals surface area contributed by atoms with Crippen LogP contribution in [0.1, 0.15) is 17.0 Å². The summed E-state index contributed by atoms with van der Waals surface area (Å²) in [5, 5.41) is 0.713. The summed E-state index contributed by atoms with van der Waals surface area (Å²) in [5.74, 6) is 0.671. The maximum atomic E-state index is 6.17. The van der Waals surface area contributed by atoms with Crippen molar-refractivity contribution < 1.29 is 4.42 Å². The first-order valence-corrected chi connectivity index (χ1v) is 8.27. The summed E-state index contributed by atoms with van der Waals surface area (Å²) in [6.07, 6.45) is 0.857. The first-order valence-electron chi connectivity index (χ1n) is 7.89. The van der Waals surface area contributed by atoms with Crippen LogP contribution in [0.3, 0.4) is 0 Å². The number of benzene rings is 3. The average Bonchev–Trinajstić information content (AvgIpc) is 2.95. The summed E-state index contributed by atoms with van der Waals surface area (Å²) < 4.78 is 5.84. The Balaban J connectivity index is 1.88. The molecule has 0 radical (unpaired) electrons. The molecule has 0 spiro atoms. The largest absolute Gasteiger partial charge is 0.440 e. The Hall–Kier alpha value is -2.58. The van der Waals surface area contributed by atoms with Crippen molar-refractivity contribution in [2.45, 2.75) is 13.3 Å². The number of fused-ring (bicyclic) bond motifs is 1. The lowest BCUT2D eigenvalue weighted by molar-refractivity contribution is 0.562. The van der Waals surface area contributed by atoms with Crippen molar-refractivity contribution >= 4 is 22.7 Å². The van der Waals surface area contributed by atoms with E-state index in [1.807, 2.05) is 37.3 Å². The molecule has 0 atom stereocenters. The van der Waals surface area contributed by atoms with Gasteiger partial charge in [0.2, 0.25) is 0 Å². The van der Waals surface area contributed by atoms with E-state index in [1.54, 1.807) is 0 Å². The number of hydrogen-bond acceptors (Lipinski definition) is 2. The molecule has 3 aromatic carbocycles. The Kier molecular flexibility index (Phi) is 3.83. The molecule has 3 heteroatoms. The van der Waals surface area contributed by atoms with Crippen LogP contribution < -0.4 is 0 Å². The van der Waals surface area contributed by atoms with Crippen molar-refractivity contribution in [3.8, 4) is 11.1 Å². The molecule has 0 aliphatic heterocycles. The predicted octanol–water partition coefficient (Wildman–Crippen LogP) is 6.05. The Bertz CT molecular complexity index is 1000. The second-order valence-electron chi connectivity index (χ2n) is 5.90. The van der Waals surface area contributed by atoms with Gasteiger partial charge in [0, 0.05) is 17.5 Å². The van der Waals surface area contributed by atoms with E-state index in [2.05, 4.69) is 41.4 Å².